The number of hydrogen-bond donors (Lipinski definition) is 0. The van der Waals surface area contributed by atoms with Crippen LogP contribution in [0.25, 0.3) is 16.5 Å². The van der Waals surface area contributed by atoms with E-state index in [0.717, 1.165) is 0 Å². The number of fused-ring (bicyclic) bond motifs is 2. The number of ketones is 1. The summed E-state index contributed by atoms with van der Waals surface area (Å²) in [5, 5.41) is 1.70. The number of ether oxygens (including phenoxy) is 4. The molecule has 2 aromatic carbocycles. The molecule has 36 heavy (non-hydrogen) atoms. The number of Topliss-reactive ketones (excluding diaryl/α,β-unsaturated/α-hetero) is 1. The molecule has 0 spiro atoms. The van der Waals surface area contributed by atoms with Gasteiger partial charge in [0.15, 0.2) is 17.3 Å². The van der Waals surface area contributed by atoms with Crippen molar-refractivity contribution in [3.05, 3.63) is 58.5 Å². The Bertz CT molecular complexity index is 1450. The van der Waals surface area contributed by atoms with Crippen LogP contribution in [0.5, 0.6) is 11.5 Å². The maximum absolute atomic E-state index is 13.0. The van der Waals surface area contributed by atoms with Crippen molar-refractivity contribution in [1.82, 2.24) is 14.9 Å². The van der Waals surface area contributed by atoms with Crippen molar-refractivity contribution < 1.29 is 28.5 Å². The molecular formula is C26H26N4O6. The molecule has 0 bridgehead atoms. The molecule has 0 aliphatic carbocycles. The molecule has 3 aromatic rings. The summed E-state index contributed by atoms with van der Waals surface area (Å²) in [5.74, 6) is 0.551. The van der Waals surface area contributed by atoms with E-state index in [1.54, 1.807) is 44.6 Å². The van der Waals surface area contributed by atoms with Gasteiger partial charge in [0.2, 0.25) is 0 Å². The minimum absolute atomic E-state index is 0.0227. The van der Waals surface area contributed by atoms with Crippen LogP contribution in [0.4, 0.5) is 0 Å². The molecule has 10 nitrogen and oxygen atoms in total. The lowest BCUT2D eigenvalue weighted by atomic mass is 10.0. The highest BCUT2D eigenvalue weighted by Gasteiger charge is 2.24. The van der Waals surface area contributed by atoms with Crippen LogP contribution >= 0.6 is 0 Å². The van der Waals surface area contributed by atoms with Crippen LogP contribution in [0.2, 0.25) is 0 Å². The predicted molar refractivity (Wildman–Crippen MR) is 130 cm³/mol. The highest BCUT2D eigenvalue weighted by Crippen LogP contribution is 2.34. The number of hydrogen-bond acceptors (Lipinski definition) is 9. The number of rotatable bonds is 9. The molecule has 186 valence electrons. The number of methoxy groups -OCH3 is 2. The molecule has 0 saturated carbocycles. The fourth-order valence-electron chi connectivity index (χ4n) is 4.34. The van der Waals surface area contributed by atoms with E-state index >= 15 is 0 Å². The van der Waals surface area contributed by atoms with Crippen LogP contribution in [0.3, 0.4) is 0 Å². The molecule has 3 heterocycles. The summed E-state index contributed by atoms with van der Waals surface area (Å²) in [6.07, 6.45) is 1.40. The van der Waals surface area contributed by atoms with Gasteiger partial charge in [0.1, 0.15) is 12.9 Å². The number of aromatic nitrogens is 2. The van der Waals surface area contributed by atoms with Crippen molar-refractivity contribution in [3.63, 3.8) is 0 Å². The van der Waals surface area contributed by atoms with Gasteiger partial charge in [-0.25, -0.2) is 15.0 Å². The molecule has 1 aromatic heterocycles. The van der Waals surface area contributed by atoms with Crippen molar-refractivity contribution >= 4 is 28.2 Å². The van der Waals surface area contributed by atoms with E-state index in [2.05, 4.69) is 19.9 Å². The second kappa shape index (κ2) is 10.5. The number of morpholine rings is 1. The van der Waals surface area contributed by atoms with Crippen LogP contribution in [0.15, 0.2) is 41.7 Å². The Morgan fingerprint density at radius 1 is 1.06 bits per heavy atom. The smallest absolute Gasteiger partial charge is 0.280 e. The zero-order chi connectivity index (χ0) is 25.1. The molecule has 0 N–H and O–H groups in total. The monoisotopic (exact) mass is 490 g/mol. The normalized spacial score (nSPS) is 15.6. The van der Waals surface area contributed by atoms with Gasteiger partial charge in [-0.05, 0) is 24.3 Å². The summed E-state index contributed by atoms with van der Waals surface area (Å²) in [6, 6.07) is 8.65. The van der Waals surface area contributed by atoms with E-state index in [-0.39, 0.29) is 5.78 Å². The Morgan fingerprint density at radius 3 is 2.67 bits per heavy atom. The lowest BCUT2D eigenvalue weighted by Crippen LogP contribution is -2.39. The number of carbonyl (C=O) groups excluding carboxylic acids is 2. The third-order valence-corrected chi connectivity index (χ3v) is 6.20. The Balaban J connectivity index is 1.57. The van der Waals surface area contributed by atoms with Gasteiger partial charge in [-0.3, -0.25) is 14.5 Å². The fourth-order valence-corrected chi connectivity index (χ4v) is 4.34. The summed E-state index contributed by atoms with van der Waals surface area (Å²) in [6.45, 7) is 3.73. The van der Waals surface area contributed by atoms with Gasteiger partial charge in [-0.2, -0.15) is 0 Å². The van der Waals surface area contributed by atoms with Gasteiger partial charge >= 0.3 is 0 Å². The molecule has 2 aliphatic rings. The third-order valence-electron chi connectivity index (χ3n) is 6.20. The second-order valence-electron chi connectivity index (χ2n) is 8.42. The molecule has 1 amide bonds. The number of carbonyl (C=O) groups is 2. The summed E-state index contributed by atoms with van der Waals surface area (Å²) in [5.41, 5.74) is 1.86. The summed E-state index contributed by atoms with van der Waals surface area (Å²) in [4.78, 5) is 41.1. The predicted octanol–water partition coefficient (Wildman–Crippen LogP) is 0.537. The third kappa shape index (κ3) is 4.70. The molecular weight excluding hydrogens is 464 g/mol. The largest absolute Gasteiger partial charge is 0.493 e. The highest BCUT2D eigenvalue weighted by molar-refractivity contribution is 6.23. The minimum Gasteiger partial charge on any atom is -0.493 e. The van der Waals surface area contributed by atoms with Gasteiger partial charge in [0.25, 0.3) is 5.91 Å². The van der Waals surface area contributed by atoms with Crippen molar-refractivity contribution in [2.75, 3.05) is 60.3 Å². The minimum atomic E-state index is -0.415. The van der Waals surface area contributed by atoms with Crippen molar-refractivity contribution in [3.8, 4) is 11.5 Å². The van der Waals surface area contributed by atoms with Crippen molar-refractivity contribution in [1.29, 1.82) is 0 Å². The van der Waals surface area contributed by atoms with Crippen LogP contribution in [-0.4, -0.2) is 86.8 Å². The van der Waals surface area contributed by atoms with E-state index in [1.165, 1.54) is 6.33 Å². The Morgan fingerprint density at radius 2 is 1.89 bits per heavy atom. The molecule has 2 aliphatic heterocycles. The molecule has 0 atom stereocenters. The van der Waals surface area contributed by atoms with Crippen molar-refractivity contribution in [2.24, 2.45) is 4.99 Å². The van der Waals surface area contributed by atoms with Crippen LogP contribution in [0, 0.1) is 0 Å². The average Bonchev–Trinajstić information content (AvgIpc) is 3.23. The first-order valence-corrected chi connectivity index (χ1v) is 11.6. The van der Waals surface area contributed by atoms with E-state index in [4.69, 9.17) is 18.9 Å². The van der Waals surface area contributed by atoms with Crippen LogP contribution in [0.1, 0.15) is 16.1 Å². The maximum Gasteiger partial charge on any atom is 0.280 e. The van der Waals surface area contributed by atoms with E-state index in [9.17, 15) is 9.59 Å². The standard InChI is InChI=1S/C26H26N4O6/c1-33-9-10-36-23-13-20-18(12-22(23)34-2)25(28-15-27-20)24-17-11-16(3-4-19(17)29-26(24)32)21(31)14-30-5-7-35-8-6-30/h3-4,11-13,15H,5-10,14H2,1-2H3. The highest BCUT2D eigenvalue weighted by atomic mass is 16.5. The van der Waals surface area contributed by atoms with Gasteiger partial charge in [0, 0.05) is 42.4 Å². The van der Waals surface area contributed by atoms with E-state index < -0.39 is 5.91 Å². The first-order chi connectivity index (χ1) is 17.6. The Labute approximate surface area is 207 Å². The lowest BCUT2D eigenvalue weighted by molar-refractivity contribution is -0.112. The first-order valence-electron chi connectivity index (χ1n) is 11.6. The first kappa shape index (κ1) is 24.0. The number of nitrogens with zero attached hydrogens (tertiary/aromatic N) is 4. The van der Waals surface area contributed by atoms with Gasteiger partial charge < -0.3 is 18.9 Å². The SMILES string of the molecule is COCCOc1cc2ncnc(C3=c4cc(C(=O)CN5CCOCC5)ccc4=NC3=O)c2cc1OC. The Hall–Kier alpha value is -3.73. The van der Waals surface area contributed by atoms with Gasteiger partial charge in [0.05, 0.1) is 55.6 Å². The zero-order valence-corrected chi connectivity index (χ0v) is 20.2. The van der Waals surface area contributed by atoms with Crippen molar-refractivity contribution in [2.45, 2.75) is 0 Å². The lowest BCUT2D eigenvalue weighted by Gasteiger charge is -2.25. The number of benzene rings is 2. The second-order valence-corrected chi connectivity index (χ2v) is 8.42. The number of amides is 1. The van der Waals surface area contributed by atoms with Crippen LogP contribution in [-0.2, 0) is 14.3 Å². The summed E-state index contributed by atoms with van der Waals surface area (Å²) < 4.78 is 21.7. The maximum atomic E-state index is 13.0. The van der Waals surface area contributed by atoms with E-state index in [0.29, 0.717) is 95.9 Å². The van der Waals surface area contributed by atoms with Gasteiger partial charge in [-0.1, -0.05) is 0 Å². The van der Waals surface area contributed by atoms with E-state index in [1.807, 2.05) is 0 Å². The molecule has 5 rings (SSSR count). The topological polar surface area (TPSA) is 112 Å². The summed E-state index contributed by atoms with van der Waals surface area (Å²) >= 11 is 0. The summed E-state index contributed by atoms with van der Waals surface area (Å²) in [7, 11) is 3.14. The van der Waals surface area contributed by atoms with Gasteiger partial charge in [-0.15, -0.1) is 0 Å². The fraction of sp³-hybridized carbons (Fsp3) is 0.346. The molecule has 0 unspecified atom stereocenters. The quantitative estimate of drug-likeness (QED) is 0.313. The molecule has 10 heteroatoms. The van der Waals surface area contributed by atoms with Crippen LogP contribution < -0.4 is 20.0 Å². The average molecular weight is 491 g/mol. The zero-order valence-electron chi connectivity index (χ0n) is 20.2. The molecule has 0 radical (unpaired) electrons. The molecule has 1 fully saturated rings. The molecule has 1 saturated heterocycles. The Kier molecular flexibility index (Phi) is 6.99.